The average Bonchev–Trinajstić information content (AvgIpc) is 3.41. The lowest BCUT2D eigenvalue weighted by Crippen LogP contribution is -2.16. The molecule has 3 heterocycles. The summed E-state index contributed by atoms with van der Waals surface area (Å²) in [5.74, 6) is 0. The fourth-order valence-corrected chi connectivity index (χ4v) is 3.50. The Morgan fingerprint density at radius 2 is 2.12 bits per heavy atom. The van der Waals surface area contributed by atoms with E-state index in [0.717, 1.165) is 41.5 Å². The molecule has 0 radical (unpaired) electrons. The topological polar surface area (TPSA) is 58.5 Å². The lowest BCUT2D eigenvalue weighted by atomic mass is 10.1. The molecule has 0 atom stereocenters. The van der Waals surface area contributed by atoms with Crippen molar-refractivity contribution in [2.75, 3.05) is 6.54 Å². The van der Waals surface area contributed by atoms with E-state index in [9.17, 15) is 0 Å². The van der Waals surface area contributed by atoms with Gasteiger partial charge in [-0.25, -0.2) is 9.67 Å². The third-order valence-electron chi connectivity index (χ3n) is 4.27. The largest absolute Gasteiger partial charge is 0.363 e. The van der Waals surface area contributed by atoms with Crippen LogP contribution in [0.4, 0.5) is 0 Å². The molecule has 0 aliphatic rings. The summed E-state index contributed by atoms with van der Waals surface area (Å²) in [4.78, 5) is 7.86. The summed E-state index contributed by atoms with van der Waals surface area (Å²) in [5, 5.41) is 10.9. The molecule has 0 unspecified atom stereocenters. The van der Waals surface area contributed by atoms with Gasteiger partial charge in [0.1, 0.15) is 0 Å². The summed E-state index contributed by atoms with van der Waals surface area (Å²) in [6.45, 7) is 3.80. The normalized spacial score (nSPS) is 11.1. The highest BCUT2D eigenvalue weighted by molar-refractivity contribution is 7.09. The van der Waals surface area contributed by atoms with Crippen molar-refractivity contribution in [1.29, 1.82) is 0 Å². The van der Waals surface area contributed by atoms with Gasteiger partial charge in [0.05, 0.1) is 16.4 Å². The zero-order valence-electron chi connectivity index (χ0n) is 14.6. The van der Waals surface area contributed by atoms with E-state index in [4.69, 9.17) is 0 Å². The summed E-state index contributed by atoms with van der Waals surface area (Å²) in [6, 6.07) is 12.6. The Labute approximate surface area is 156 Å². The molecule has 6 heteroatoms. The van der Waals surface area contributed by atoms with E-state index in [2.05, 4.69) is 56.1 Å². The molecule has 0 saturated carbocycles. The molecule has 0 saturated heterocycles. The lowest BCUT2D eigenvalue weighted by molar-refractivity contribution is 0.677. The number of benzene rings is 1. The van der Waals surface area contributed by atoms with Crippen LogP contribution >= 0.6 is 11.3 Å². The second-order valence-electron chi connectivity index (χ2n) is 6.21. The Morgan fingerprint density at radius 3 is 2.85 bits per heavy atom. The first-order chi connectivity index (χ1) is 12.8. The highest BCUT2D eigenvalue weighted by Crippen LogP contribution is 2.22. The van der Waals surface area contributed by atoms with Crippen LogP contribution in [-0.2, 0) is 13.0 Å². The van der Waals surface area contributed by atoms with Crippen LogP contribution < -0.4 is 5.32 Å². The maximum atomic E-state index is 4.53. The van der Waals surface area contributed by atoms with E-state index in [-0.39, 0.29) is 0 Å². The number of hydrogen-bond acceptors (Lipinski definition) is 4. The van der Waals surface area contributed by atoms with Crippen molar-refractivity contribution in [2.24, 2.45) is 0 Å². The highest BCUT2D eigenvalue weighted by atomic mass is 32.1. The molecule has 4 aromatic rings. The van der Waals surface area contributed by atoms with Gasteiger partial charge in [-0.3, -0.25) is 0 Å². The maximum Gasteiger partial charge on any atom is 0.0901 e. The number of aryl methyl sites for hydroxylation is 1. The molecular weight excluding hydrogens is 342 g/mol. The van der Waals surface area contributed by atoms with Crippen LogP contribution in [0.1, 0.15) is 16.3 Å². The molecule has 3 aromatic heterocycles. The average molecular weight is 363 g/mol. The minimum Gasteiger partial charge on any atom is -0.363 e. The zero-order valence-corrected chi connectivity index (χ0v) is 15.5. The Morgan fingerprint density at radius 1 is 1.23 bits per heavy atom. The predicted molar refractivity (Wildman–Crippen MR) is 106 cm³/mol. The number of thiazole rings is 1. The first-order valence-corrected chi connectivity index (χ1v) is 9.55. The maximum absolute atomic E-state index is 4.53. The first kappa shape index (κ1) is 16.8. The molecule has 0 fully saturated rings. The summed E-state index contributed by atoms with van der Waals surface area (Å²) in [7, 11) is 0. The van der Waals surface area contributed by atoms with Crippen LogP contribution in [-0.4, -0.2) is 26.3 Å². The predicted octanol–water partition coefficient (Wildman–Crippen LogP) is 3.96. The molecule has 4 rings (SSSR count). The van der Waals surface area contributed by atoms with Crippen LogP contribution in [0.25, 0.3) is 16.9 Å². The van der Waals surface area contributed by atoms with E-state index < -0.39 is 0 Å². The van der Waals surface area contributed by atoms with Gasteiger partial charge in [-0.1, -0.05) is 12.1 Å². The smallest absolute Gasteiger partial charge is 0.0901 e. The van der Waals surface area contributed by atoms with Crippen LogP contribution in [0.3, 0.4) is 0 Å². The molecule has 0 amide bonds. The zero-order chi connectivity index (χ0) is 17.8. The molecular formula is C20H21N5S. The SMILES string of the molecule is Cc1nc(-c2c[nH]c(CNCCc3ccc(-n4cccn4)cc3)c2)cs1. The number of rotatable bonds is 7. The molecule has 0 spiro atoms. The summed E-state index contributed by atoms with van der Waals surface area (Å²) in [5.41, 5.74) is 5.79. The van der Waals surface area contributed by atoms with Gasteiger partial charge in [-0.15, -0.1) is 11.3 Å². The van der Waals surface area contributed by atoms with Crippen molar-refractivity contribution in [1.82, 2.24) is 25.1 Å². The van der Waals surface area contributed by atoms with Gasteiger partial charge in [0.25, 0.3) is 0 Å². The fraction of sp³-hybridized carbons (Fsp3) is 0.200. The Kier molecular flexibility index (Phi) is 4.95. The molecule has 0 aliphatic heterocycles. The number of hydrogen-bond donors (Lipinski definition) is 2. The molecule has 2 N–H and O–H groups in total. The van der Waals surface area contributed by atoms with Crippen LogP contribution in [0.2, 0.25) is 0 Å². The van der Waals surface area contributed by atoms with Crippen molar-refractivity contribution in [3.05, 3.63) is 76.6 Å². The standard InChI is InChI=1S/C20H21N5S/c1-15-24-20(14-26-15)17-11-18(22-12-17)13-21-9-7-16-3-5-19(6-4-16)25-10-2-8-23-25/h2-6,8,10-12,14,21-22H,7,9,13H2,1H3. The van der Waals surface area contributed by atoms with E-state index >= 15 is 0 Å². The van der Waals surface area contributed by atoms with Gasteiger partial charge >= 0.3 is 0 Å². The minimum atomic E-state index is 0.828. The number of nitrogens with zero attached hydrogens (tertiary/aromatic N) is 3. The number of H-pyrrole nitrogens is 1. The van der Waals surface area contributed by atoms with Gasteiger partial charge < -0.3 is 10.3 Å². The molecule has 0 aliphatic carbocycles. The molecule has 0 bridgehead atoms. The first-order valence-electron chi connectivity index (χ1n) is 8.67. The van der Waals surface area contributed by atoms with Gasteiger partial charge in [0.15, 0.2) is 0 Å². The lowest BCUT2D eigenvalue weighted by Gasteiger charge is -2.06. The van der Waals surface area contributed by atoms with E-state index in [0.29, 0.717) is 0 Å². The van der Waals surface area contributed by atoms with Gasteiger partial charge in [0.2, 0.25) is 0 Å². The Hall–Kier alpha value is -2.70. The molecule has 5 nitrogen and oxygen atoms in total. The third-order valence-corrected chi connectivity index (χ3v) is 5.04. The Balaban J connectivity index is 1.26. The second-order valence-corrected chi connectivity index (χ2v) is 7.27. The van der Waals surface area contributed by atoms with Crippen molar-refractivity contribution < 1.29 is 0 Å². The molecule has 1 aromatic carbocycles. The fourth-order valence-electron chi connectivity index (χ4n) is 2.88. The monoisotopic (exact) mass is 363 g/mol. The molecule has 26 heavy (non-hydrogen) atoms. The van der Waals surface area contributed by atoms with E-state index in [1.54, 1.807) is 17.5 Å². The second kappa shape index (κ2) is 7.68. The van der Waals surface area contributed by atoms with Crippen molar-refractivity contribution in [3.63, 3.8) is 0 Å². The van der Waals surface area contributed by atoms with Crippen LogP contribution in [0, 0.1) is 6.92 Å². The number of aromatic amines is 1. The van der Waals surface area contributed by atoms with Crippen LogP contribution in [0.5, 0.6) is 0 Å². The molecule has 132 valence electrons. The van der Waals surface area contributed by atoms with Gasteiger partial charge in [-0.2, -0.15) is 5.10 Å². The minimum absolute atomic E-state index is 0.828. The number of nitrogens with one attached hydrogen (secondary N) is 2. The number of aromatic nitrogens is 4. The Bertz CT molecular complexity index is 950. The highest BCUT2D eigenvalue weighted by Gasteiger charge is 2.05. The summed E-state index contributed by atoms with van der Waals surface area (Å²) in [6.07, 6.45) is 6.77. The quantitative estimate of drug-likeness (QED) is 0.489. The van der Waals surface area contributed by atoms with E-state index in [1.165, 1.54) is 11.3 Å². The summed E-state index contributed by atoms with van der Waals surface area (Å²) < 4.78 is 1.87. The van der Waals surface area contributed by atoms with Crippen molar-refractivity contribution in [2.45, 2.75) is 19.9 Å². The van der Waals surface area contributed by atoms with Gasteiger partial charge in [-0.05, 0) is 49.7 Å². The van der Waals surface area contributed by atoms with Crippen molar-refractivity contribution in [3.8, 4) is 16.9 Å². The van der Waals surface area contributed by atoms with Gasteiger partial charge in [0, 0.05) is 41.8 Å². The van der Waals surface area contributed by atoms with Crippen LogP contribution in [0.15, 0.2) is 60.4 Å². The van der Waals surface area contributed by atoms with Crippen molar-refractivity contribution >= 4 is 11.3 Å². The third kappa shape index (κ3) is 3.92. The summed E-state index contributed by atoms with van der Waals surface area (Å²) >= 11 is 1.68. The van der Waals surface area contributed by atoms with E-state index in [1.807, 2.05) is 30.1 Å².